The predicted molar refractivity (Wildman–Crippen MR) is 80.7 cm³/mol. The van der Waals surface area contributed by atoms with E-state index in [1.807, 2.05) is 28.8 Å². The minimum absolute atomic E-state index is 0.101. The Morgan fingerprint density at radius 1 is 1.29 bits per heavy atom. The van der Waals surface area contributed by atoms with Gasteiger partial charge in [0.25, 0.3) is 0 Å². The standard InChI is InChI=1S/C16H22N4O/c1-11(2)14(17-16(21)12-7-3-4-8-12)15-19-18-13-9-5-6-10-20(13)15/h5-6,9-12,14H,3-4,7-8H2,1-2H3,(H,17,21)/t14-/m0/s1. The van der Waals surface area contributed by atoms with Crippen LogP contribution in [0.25, 0.3) is 5.65 Å². The van der Waals surface area contributed by atoms with Crippen molar-refractivity contribution in [3.63, 3.8) is 0 Å². The normalized spacial score (nSPS) is 17.5. The third-order valence-corrected chi connectivity index (χ3v) is 4.31. The summed E-state index contributed by atoms with van der Waals surface area (Å²) in [7, 11) is 0. The van der Waals surface area contributed by atoms with Crippen LogP contribution in [-0.4, -0.2) is 20.5 Å². The molecule has 5 heteroatoms. The molecule has 0 spiro atoms. The van der Waals surface area contributed by atoms with Crippen molar-refractivity contribution >= 4 is 11.6 Å². The molecule has 0 saturated heterocycles. The number of amides is 1. The molecule has 3 rings (SSSR count). The molecule has 0 bridgehead atoms. The third kappa shape index (κ3) is 2.77. The zero-order valence-electron chi connectivity index (χ0n) is 12.6. The summed E-state index contributed by atoms with van der Waals surface area (Å²) in [6.07, 6.45) is 6.30. The summed E-state index contributed by atoms with van der Waals surface area (Å²) >= 11 is 0. The summed E-state index contributed by atoms with van der Waals surface area (Å²) in [5.41, 5.74) is 0.813. The first-order valence-electron chi connectivity index (χ1n) is 7.77. The van der Waals surface area contributed by atoms with Crippen molar-refractivity contribution in [1.82, 2.24) is 19.9 Å². The second-order valence-electron chi connectivity index (χ2n) is 6.20. The molecular formula is C16H22N4O. The number of nitrogens with one attached hydrogen (secondary N) is 1. The van der Waals surface area contributed by atoms with Crippen molar-refractivity contribution in [3.05, 3.63) is 30.2 Å². The summed E-state index contributed by atoms with van der Waals surface area (Å²) in [6.45, 7) is 4.20. The Kier molecular flexibility index (Phi) is 3.90. The van der Waals surface area contributed by atoms with Gasteiger partial charge in [-0.15, -0.1) is 10.2 Å². The van der Waals surface area contributed by atoms with E-state index >= 15 is 0 Å². The number of carbonyl (C=O) groups is 1. The Labute approximate surface area is 124 Å². The van der Waals surface area contributed by atoms with E-state index in [0.717, 1.165) is 37.2 Å². The van der Waals surface area contributed by atoms with Gasteiger partial charge in [0.05, 0.1) is 6.04 Å². The van der Waals surface area contributed by atoms with Crippen LogP contribution < -0.4 is 5.32 Å². The van der Waals surface area contributed by atoms with Crippen LogP contribution >= 0.6 is 0 Å². The maximum atomic E-state index is 12.4. The number of hydrogen-bond acceptors (Lipinski definition) is 3. The van der Waals surface area contributed by atoms with Gasteiger partial charge in [0.15, 0.2) is 11.5 Å². The van der Waals surface area contributed by atoms with Crippen molar-refractivity contribution in [3.8, 4) is 0 Å². The number of nitrogens with zero attached hydrogens (tertiary/aromatic N) is 3. The van der Waals surface area contributed by atoms with Gasteiger partial charge in [-0.1, -0.05) is 32.8 Å². The van der Waals surface area contributed by atoms with Gasteiger partial charge >= 0.3 is 0 Å². The van der Waals surface area contributed by atoms with Crippen LogP contribution in [0.3, 0.4) is 0 Å². The van der Waals surface area contributed by atoms with Crippen molar-refractivity contribution < 1.29 is 4.79 Å². The highest BCUT2D eigenvalue weighted by atomic mass is 16.2. The maximum Gasteiger partial charge on any atom is 0.223 e. The third-order valence-electron chi connectivity index (χ3n) is 4.31. The lowest BCUT2D eigenvalue weighted by Gasteiger charge is -2.22. The van der Waals surface area contributed by atoms with E-state index < -0.39 is 0 Å². The number of rotatable bonds is 4. The summed E-state index contributed by atoms with van der Waals surface area (Å²) in [6, 6.07) is 5.72. The molecule has 1 atom stereocenters. The molecule has 0 radical (unpaired) electrons. The molecule has 1 amide bonds. The minimum Gasteiger partial charge on any atom is -0.346 e. The summed E-state index contributed by atoms with van der Waals surface area (Å²) in [5.74, 6) is 1.42. The minimum atomic E-state index is -0.101. The molecule has 1 fully saturated rings. The number of hydrogen-bond donors (Lipinski definition) is 1. The summed E-state index contributed by atoms with van der Waals surface area (Å²) < 4.78 is 1.96. The quantitative estimate of drug-likeness (QED) is 0.940. The monoisotopic (exact) mass is 286 g/mol. The first kappa shape index (κ1) is 14.0. The van der Waals surface area contributed by atoms with Gasteiger partial charge in [-0.2, -0.15) is 0 Å². The second-order valence-corrected chi connectivity index (χ2v) is 6.20. The molecule has 5 nitrogen and oxygen atoms in total. The SMILES string of the molecule is CC(C)[C@H](NC(=O)C1CCCC1)c1nnc2ccccn12. The highest BCUT2D eigenvalue weighted by Crippen LogP contribution is 2.27. The lowest BCUT2D eigenvalue weighted by molar-refractivity contribution is -0.126. The molecule has 1 aliphatic carbocycles. The first-order valence-corrected chi connectivity index (χ1v) is 7.77. The van der Waals surface area contributed by atoms with E-state index in [1.54, 1.807) is 0 Å². The van der Waals surface area contributed by atoms with Crippen LogP contribution in [0.15, 0.2) is 24.4 Å². The molecule has 0 aliphatic heterocycles. The number of aromatic nitrogens is 3. The maximum absolute atomic E-state index is 12.4. The topological polar surface area (TPSA) is 59.3 Å². The molecule has 0 aromatic carbocycles. The van der Waals surface area contributed by atoms with E-state index in [1.165, 1.54) is 0 Å². The Balaban J connectivity index is 1.85. The zero-order chi connectivity index (χ0) is 14.8. The molecule has 112 valence electrons. The average molecular weight is 286 g/mol. The van der Waals surface area contributed by atoms with Gasteiger partial charge in [-0.3, -0.25) is 9.20 Å². The lowest BCUT2D eigenvalue weighted by Crippen LogP contribution is -2.36. The van der Waals surface area contributed by atoms with Crippen LogP contribution in [0.1, 0.15) is 51.4 Å². The van der Waals surface area contributed by atoms with Crippen LogP contribution in [0.5, 0.6) is 0 Å². The molecule has 1 aliphatic rings. The van der Waals surface area contributed by atoms with Gasteiger partial charge in [0.1, 0.15) is 0 Å². The molecular weight excluding hydrogens is 264 g/mol. The fourth-order valence-corrected chi connectivity index (χ4v) is 3.06. The molecule has 1 saturated carbocycles. The van der Waals surface area contributed by atoms with Crippen molar-refractivity contribution in [1.29, 1.82) is 0 Å². The molecule has 2 heterocycles. The van der Waals surface area contributed by atoms with Gasteiger partial charge in [0, 0.05) is 12.1 Å². The molecule has 2 aromatic rings. The van der Waals surface area contributed by atoms with Crippen LogP contribution in [0.2, 0.25) is 0 Å². The fraction of sp³-hybridized carbons (Fsp3) is 0.562. The van der Waals surface area contributed by atoms with E-state index in [-0.39, 0.29) is 23.8 Å². The molecule has 1 N–H and O–H groups in total. The lowest BCUT2D eigenvalue weighted by atomic mass is 10.0. The first-order chi connectivity index (χ1) is 10.2. The molecule has 21 heavy (non-hydrogen) atoms. The largest absolute Gasteiger partial charge is 0.346 e. The summed E-state index contributed by atoms with van der Waals surface area (Å²) in [5, 5.41) is 11.7. The predicted octanol–water partition coefficient (Wildman–Crippen LogP) is 2.73. The zero-order valence-corrected chi connectivity index (χ0v) is 12.6. The smallest absolute Gasteiger partial charge is 0.223 e. The molecule has 0 unspecified atom stereocenters. The van der Waals surface area contributed by atoms with E-state index in [2.05, 4.69) is 29.4 Å². The number of fused-ring (bicyclic) bond motifs is 1. The van der Waals surface area contributed by atoms with Crippen molar-refractivity contribution in [2.45, 2.75) is 45.6 Å². The van der Waals surface area contributed by atoms with Crippen LogP contribution in [0, 0.1) is 11.8 Å². The number of carbonyl (C=O) groups excluding carboxylic acids is 1. The van der Waals surface area contributed by atoms with Gasteiger partial charge in [-0.05, 0) is 30.9 Å². The van der Waals surface area contributed by atoms with E-state index in [4.69, 9.17) is 0 Å². The highest BCUT2D eigenvalue weighted by molar-refractivity contribution is 5.79. The average Bonchev–Trinajstić information content (AvgIpc) is 3.14. The van der Waals surface area contributed by atoms with E-state index in [0.29, 0.717) is 0 Å². The summed E-state index contributed by atoms with van der Waals surface area (Å²) in [4.78, 5) is 12.4. The van der Waals surface area contributed by atoms with Gasteiger partial charge < -0.3 is 5.32 Å². The fourth-order valence-electron chi connectivity index (χ4n) is 3.06. The van der Waals surface area contributed by atoms with Gasteiger partial charge in [-0.25, -0.2) is 0 Å². The van der Waals surface area contributed by atoms with E-state index in [9.17, 15) is 4.79 Å². The van der Waals surface area contributed by atoms with Crippen molar-refractivity contribution in [2.75, 3.05) is 0 Å². The van der Waals surface area contributed by atoms with Crippen molar-refractivity contribution in [2.24, 2.45) is 11.8 Å². The Morgan fingerprint density at radius 3 is 2.76 bits per heavy atom. The Bertz CT molecular complexity index is 628. The Hall–Kier alpha value is -1.91. The second kappa shape index (κ2) is 5.84. The molecule has 2 aromatic heterocycles. The van der Waals surface area contributed by atoms with Crippen LogP contribution in [-0.2, 0) is 4.79 Å². The van der Waals surface area contributed by atoms with Gasteiger partial charge in [0.2, 0.25) is 5.91 Å². The van der Waals surface area contributed by atoms with Crippen LogP contribution in [0.4, 0.5) is 0 Å². The Morgan fingerprint density at radius 2 is 2.05 bits per heavy atom. The highest BCUT2D eigenvalue weighted by Gasteiger charge is 2.28. The number of pyridine rings is 1.